The van der Waals surface area contributed by atoms with Crippen LogP contribution in [0.4, 0.5) is 0 Å². The lowest BCUT2D eigenvalue weighted by atomic mass is 9.90. The fourth-order valence-corrected chi connectivity index (χ4v) is 2.07. The van der Waals surface area contributed by atoms with E-state index in [1.165, 1.54) is 0 Å². The van der Waals surface area contributed by atoms with E-state index in [9.17, 15) is 0 Å². The number of nitriles is 1. The molecule has 17 heavy (non-hydrogen) atoms. The fraction of sp³-hybridized carbons (Fsp3) is 0.267. The molecule has 1 aliphatic rings. The molecule has 0 aliphatic heterocycles. The summed E-state index contributed by atoms with van der Waals surface area (Å²) in [7, 11) is 0. The zero-order chi connectivity index (χ0) is 12.3. The number of hydrogen-bond acceptors (Lipinski definition) is 2. The quantitative estimate of drug-likeness (QED) is 0.839. The lowest BCUT2D eigenvalue weighted by Crippen LogP contribution is -2.14. The summed E-state index contributed by atoms with van der Waals surface area (Å²) >= 11 is 0. The van der Waals surface area contributed by atoms with Crippen molar-refractivity contribution in [1.29, 1.82) is 5.26 Å². The van der Waals surface area contributed by atoms with Crippen LogP contribution in [0.15, 0.2) is 48.1 Å². The third-order valence-corrected chi connectivity index (χ3v) is 3.03. The highest BCUT2D eigenvalue weighted by Crippen LogP contribution is 2.26. The maximum Gasteiger partial charge on any atom is 0.0991 e. The summed E-state index contributed by atoms with van der Waals surface area (Å²) in [6.45, 7) is 2.18. The zero-order valence-corrected chi connectivity index (χ0v) is 9.93. The summed E-state index contributed by atoms with van der Waals surface area (Å²) in [5, 5.41) is 8.88. The zero-order valence-electron chi connectivity index (χ0n) is 9.93. The van der Waals surface area contributed by atoms with Crippen LogP contribution in [0.1, 0.15) is 30.5 Å². The Kier molecular flexibility index (Phi) is 3.41. The fourth-order valence-electron chi connectivity index (χ4n) is 2.07. The van der Waals surface area contributed by atoms with Crippen molar-refractivity contribution in [1.82, 2.24) is 0 Å². The van der Waals surface area contributed by atoms with E-state index in [-0.39, 0.29) is 6.04 Å². The minimum atomic E-state index is -0.137. The van der Waals surface area contributed by atoms with Gasteiger partial charge in [0.1, 0.15) is 0 Å². The Morgan fingerprint density at radius 2 is 2.29 bits per heavy atom. The summed E-state index contributed by atoms with van der Waals surface area (Å²) < 4.78 is 0. The van der Waals surface area contributed by atoms with Crippen molar-refractivity contribution in [2.24, 2.45) is 11.7 Å². The number of benzene rings is 1. The minimum Gasteiger partial charge on any atom is -0.320 e. The van der Waals surface area contributed by atoms with Gasteiger partial charge in [-0.25, -0.2) is 0 Å². The maximum atomic E-state index is 8.88. The van der Waals surface area contributed by atoms with Gasteiger partial charge in [0.05, 0.1) is 17.7 Å². The Hall–Kier alpha value is -1.85. The van der Waals surface area contributed by atoms with Gasteiger partial charge in [0.2, 0.25) is 0 Å². The number of allylic oxidation sites excluding steroid dienone is 2. The summed E-state index contributed by atoms with van der Waals surface area (Å²) in [6.07, 6.45) is 7.54. The van der Waals surface area contributed by atoms with Gasteiger partial charge in [-0.3, -0.25) is 0 Å². The molecular formula is C15H16N2. The second-order valence-corrected chi connectivity index (χ2v) is 4.50. The molecule has 0 saturated heterocycles. The van der Waals surface area contributed by atoms with Crippen molar-refractivity contribution in [2.75, 3.05) is 0 Å². The molecule has 0 aromatic heterocycles. The SMILES string of the molecule is CC1C=C(C(N)c2cccc(C#N)c2)C=CC1. The first-order valence-corrected chi connectivity index (χ1v) is 5.84. The summed E-state index contributed by atoms with van der Waals surface area (Å²) in [5.74, 6) is 0.542. The molecule has 0 spiro atoms. The second-order valence-electron chi connectivity index (χ2n) is 4.50. The van der Waals surface area contributed by atoms with Crippen molar-refractivity contribution in [3.8, 4) is 6.07 Å². The largest absolute Gasteiger partial charge is 0.320 e. The predicted molar refractivity (Wildman–Crippen MR) is 69.1 cm³/mol. The van der Waals surface area contributed by atoms with E-state index in [0.29, 0.717) is 11.5 Å². The van der Waals surface area contributed by atoms with Crippen molar-refractivity contribution in [2.45, 2.75) is 19.4 Å². The molecule has 0 radical (unpaired) electrons. The van der Waals surface area contributed by atoms with Gasteiger partial charge in [0.15, 0.2) is 0 Å². The minimum absolute atomic E-state index is 0.137. The molecule has 2 N–H and O–H groups in total. The van der Waals surface area contributed by atoms with Crippen LogP contribution in [0.25, 0.3) is 0 Å². The molecule has 2 atom stereocenters. The molecule has 1 aromatic carbocycles. The lowest BCUT2D eigenvalue weighted by Gasteiger charge is -2.19. The van der Waals surface area contributed by atoms with E-state index in [2.05, 4.69) is 31.2 Å². The van der Waals surface area contributed by atoms with Crippen LogP contribution >= 0.6 is 0 Å². The third-order valence-electron chi connectivity index (χ3n) is 3.03. The van der Waals surface area contributed by atoms with Gasteiger partial charge in [0.25, 0.3) is 0 Å². The van der Waals surface area contributed by atoms with Gasteiger partial charge in [-0.1, -0.05) is 37.3 Å². The Balaban J connectivity index is 2.28. The lowest BCUT2D eigenvalue weighted by molar-refractivity contribution is 0.708. The first-order chi connectivity index (χ1) is 8.20. The maximum absolute atomic E-state index is 8.88. The Bertz CT molecular complexity index is 506. The van der Waals surface area contributed by atoms with Crippen molar-refractivity contribution < 1.29 is 0 Å². The normalized spacial score (nSPS) is 20.5. The average molecular weight is 224 g/mol. The molecule has 2 unspecified atom stereocenters. The molecule has 2 rings (SSSR count). The molecule has 1 aliphatic carbocycles. The third kappa shape index (κ3) is 2.64. The van der Waals surface area contributed by atoms with Gasteiger partial charge in [-0.05, 0) is 35.6 Å². The Morgan fingerprint density at radius 1 is 1.47 bits per heavy atom. The molecule has 0 bridgehead atoms. The Morgan fingerprint density at radius 3 is 3.00 bits per heavy atom. The summed E-state index contributed by atoms with van der Waals surface area (Å²) in [6, 6.07) is 9.51. The number of rotatable bonds is 2. The highest BCUT2D eigenvalue weighted by Gasteiger charge is 2.13. The molecule has 2 nitrogen and oxygen atoms in total. The topological polar surface area (TPSA) is 49.8 Å². The standard InChI is InChI=1S/C15H16N2/c1-11-4-2-6-13(8-11)15(17)14-7-3-5-12(9-14)10-16/h2-3,5-9,11,15H,4,17H2,1H3. The number of hydrogen-bond donors (Lipinski definition) is 1. The van der Waals surface area contributed by atoms with E-state index in [4.69, 9.17) is 11.0 Å². The van der Waals surface area contributed by atoms with Gasteiger partial charge >= 0.3 is 0 Å². The number of nitrogens with zero attached hydrogens (tertiary/aromatic N) is 1. The first-order valence-electron chi connectivity index (χ1n) is 5.84. The highest BCUT2D eigenvalue weighted by atomic mass is 14.6. The van der Waals surface area contributed by atoms with Gasteiger partial charge in [-0.15, -0.1) is 0 Å². The molecule has 86 valence electrons. The van der Waals surface area contributed by atoms with Crippen molar-refractivity contribution in [3.05, 3.63) is 59.2 Å². The number of nitrogens with two attached hydrogens (primary N) is 1. The Labute approximate surface area is 102 Å². The summed E-state index contributed by atoms with van der Waals surface area (Å²) in [5.41, 5.74) is 9.02. The summed E-state index contributed by atoms with van der Waals surface area (Å²) in [4.78, 5) is 0. The van der Waals surface area contributed by atoms with Crippen LogP contribution in [0, 0.1) is 17.2 Å². The van der Waals surface area contributed by atoms with E-state index in [0.717, 1.165) is 17.6 Å². The van der Waals surface area contributed by atoms with Gasteiger partial charge in [0, 0.05) is 0 Å². The van der Waals surface area contributed by atoms with E-state index in [1.54, 1.807) is 6.07 Å². The van der Waals surface area contributed by atoms with Crippen LogP contribution in [-0.4, -0.2) is 0 Å². The molecule has 1 aromatic rings. The molecule has 0 amide bonds. The average Bonchev–Trinajstić information content (AvgIpc) is 2.38. The van der Waals surface area contributed by atoms with E-state index < -0.39 is 0 Å². The van der Waals surface area contributed by atoms with Crippen LogP contribution in [0.3, 0.4) is 0 Å². The first kappa shape index (κ1) is 11.6. The monoisotopic (exact) mass is 224 g/mol. The van der Waals surface area contributed by atoms with Gasteiger partial charge < -0.3 is 5.73 Å². The van der Waals surface area contributed by atoms with Crippen LogP contribution < -0.4 is 5.73 Å². The van der Waals surface area contributed by atoms with Gasteiger partial charge in [-0.2, -0.15) is 5.26 Å². The molecule has 0 fully saturated rings. The van der Waals surface area contributed by atoms with Crippen molar-refractivity contribution >= 4 is 0 Å². The highest BCUT2D eigenvalue weighted by molar-refractivity contribution is 5.40. The van der Waals surface area contributed by atoms with Crippen LogP contribution in [-0.2, 0) is 0 Å². The van der Waals surface area contributed by atoms with Crippen molar-refractivity contribution in [3.63, 3.8) is 0 Å². The molecule has 0 heterocycles. The molecular weight excluding hydrogens is 208 g/mol. The van der Waals surface area contributed by atoms with Crippen LogP contribution in [0.5, 0.6) is 0 Å². The molecule has 2 heteroatoms. The molecule has 0 saturated carbocycles. The predicted octanol–water partition coefficient (Wildman–Crippen LogP) is 3.08. The van der Waals surface area contributed by atoms with E-state index >= 15 is 0 Å². The smallest absolute Gasteiger partial charge is 0.0991 e. The second kappa shape index (κ2) is 4.99. The van der Waals surface area contributed by atoms with Crippen LogP contribution in [0.2, 0.25) is 0 Å². The van der Waals surface area contributed by atoms with E-state index in [1.807, 2.05) is 18.2 Å².